The van der Waals surface area contributed by atoms with E-state index in [1.165, 1.54) is 11.1 Å². The monoisotopic (exact) mass is 267 g/mol. The fraction of sp³-hybridized carbons (Fsp3) is 0.250. The van der Waals surface area contributed by atoms with E-state index in [-0.39, 0.29) is 11.9 Å². The van der Waals surface area contributed by atoms with Gasteiger partial charge in [0.1, 0.15) is 5.82 Å². The second-order valence-electron chi connectivity index (χ2n) is 4.99. The van der Waals surface area contributed by atoms with Gasteiger partial charge in [-0.05, 0) is 29.7 Å². The number of hydrogen-bond acceptors (Lipinski definition) is 3. The smallest absolute Gasteiger partial charge is 0.245 e. The molecular weight excluding hydrogens is 250 g/mol. The minimum Gasteiger partial charge on any atom is -0.301 e. The van der Waals surface area contributed by atoms with Crippen LogP contribution in [0.25, 0.3) is 0 Å². The van der Waals surface area contributed by atoms with Crippen molar-refractivity contribution in [3.63, 3.8) is 0 Å². The SMILES string of the molecule is CN(C(=O)[C@@H]1Cc2ccccc2CN1)c1ccccn1. The molecule has 102 valence electrons. The van der Waals surface area contributed by atoms with E-state index >= 15 is 0 Å². The molecule has 4 heteroatoms. The molecule has 3 rings (SSSR count). The third kappa shape index (κ3) is 2.42. The van der Waals surface area contributed by atoms with Gasteiger partial charge in [-0.15, -0.1) is 0 Å². The van der Waals surface area contributed by atoms with Crippen LogP contribution in [-0.4, -0.2) is 24.0 Å². The second-order valence-corrected chi connectivity index (χ2v) is 4.99. The number of nitrogens with zero attached hydrogens (tertiary/aromatic N) is 2. The highest BCUT2D eigenvalue weighted by atomic mass is 16.2. The maximum Gasteiger partial charge on any atom is 0.245 e. The van der Waals surface area contributed by atoms with Crippen molar-refractivity contribution in [1.82, 2.24) is 10.3 Å². The molecule has 0 unspecified atom stereocenters. The molecule has 1 aliphatic rings. The summed E-state index contributed by atoms with van der Waals surface area (Å²) in [6.45, 7) is 0.739. The van der Waals surface area contributed by atoms with Crippen LogP contribution >= 0.6 is 0 Å². The standard InChI is InChI=1S/C16H17N3O/c1-19(15-8-4-5-9-17-15)16(20)14-10-12-6-2-3-7-13(12)11-18-14/h2-9,14,18H,10-11H2,1H3/t14-/m0/s1. The Kier molecular flexibility index (Phi) is 3.48. The molecule has 2 aromatic rings. The Morgan fingerprint density at radius 3 is 2.70 bits per heavy atom. The number of likely N-dealkylation sites (N-methyl/N-ethyl adjacent to an activating group) is 1. The average Bonchev–Trinajstić information content (AvgIpc) is 2.54. The normalized spacial score (nSPS) is 17.4. The van der Waals surface area contributed by atoms with Gasteiger partial charge in [-0.25, -0.2) is 4.98 Å². The number of carbonyl (C=O) groups excluding carboxylic acids is 1. The molecule has 0 saturated carbocycles. The Morgan fingerprint density at radius 2 is 1.95 bits per heavy atom. The van der Waals surface area contributed by atoms with E-state index in [1.54, 1.807) is 18.1 Å². The number of anilines is 1. The number of carbonyl (C=O) groups is 1. The van der Waals surface area contributed by atoms with Crippen LogP contribution in [0.15, 0.2) is 48.7 Å². The predicted octanol–water partition coefficient (Wildman–Crippen LogP) is 1.76. The topological polar surface area (TPSA) is 45.2 Å². The summed E-state index contributed by atoms with van der Waals surface area (Å²) in [6, 6.07) is 13.6. The number of fused-ring (bicyclic) bond motifs is 1. The summed E-state index contributed by atoms with van der Waals surface area (Å²) in [5.74, 6) is 0.733. The van der Waals surface area contributed by atoms with E-state index in [1.807, 2.05) is 30.3 Å². The number of pyridine rings is 1. The minimum atomic E-state index is -0.183. The Balaban J connectivity index is 1.76. The van der Waals surface area contributed by atoms with Crippen LogP contribution in [0.3, 0.4) is 0 Å². The van der Waals surface area contributed by atoms with Gasteiger partial charge in [-0.3, -0.25) is 9.69 Å². The molecule has 0 fully saturated rings. The van der Waals surface area contributed by atoms with Crippen LogP contribution in [0.4, 0.5) is 5.82 Å². The van der Waals surface area contributed by atoms with Gasteiger partial charge in [0, 0.05) is 19.8 Å². The molecule has 4 nitrogen and oxygen atoms in total. The van der Waals surface area contributed by atoms with E-state index in [9.17, 15) is 4.79 Å². The first-order valence-electron chi connectivity index (χ1n) is 6.74. The van der Waals surface area contributed by atoms with Crippen molar-refractivity contribution in [1.29, 1.82) is 0 Å². The van der Waals surface area contributed by atoms with Gasteiger partial charge in [-0.2, -0.15) is 0 Å². The summed E-state index contributed by atoms with van der Waals surface area (Å²) in [4.78, 5) is 18.4. The van der Waals surface area contributed by atoms with Gasteiger partial charge < -0.3 is 5.32 Å². The summed E-state index contributed by atoms with van der Waals surface area (Å²) in [6.07, 6.45) is 2.43. The minimum absolute atomic E-state index is 0.0539. The first-order chi connectivity index (χ1) is 9.75. The zero-order valence-electron chi connectivity index (χ0n) is 11.4. The molecule has 1 aromatic heterocycles. The number of nitrogens with one attached hydrogen (secondary N) is 1. The molecule has 1 amide bonds. The predicted molar refractivity (Wildman–Crippen MR) is 78.4 cm³/mol. The number of rotatable bonds is 2. The molecular formula is C16H17N3O. The van der Waals surface area contributed by atoms with E-state index in [4.69, 9.17) is 0 Å². The Morgan fingerprint density at radius 1 is 1.20 bits per heavy atom. The zero-order chi connectivity index (χ0) is 13.9. The molecule has 0 aliphatic carbocycles. The lowest BCUT2D eigenvalue weighted by molar-refractivity contribution is -0.120. The van der Waals surface area contributed by atoms with Crippen molar-refractivity contribution in [3.05, 3.63) is 59.8 Å². The molecule has 0 spiro atoms. The van der Waals surface area contributed by atoms with E-state index in [2.05, 4.69) is 22.4 Å². The van der Waals surface area contributed by atoms with E-state index in [0.717, 1.165) is 13.0 Å². The summed E-state index contributed by atoms with van der Waals surface area (Å²) < 4.78 is 0. The highest BCUT2D eigenvalue weighted by Crippen LogP contribution is 2.18. The molecule has 1 atom stereocenters. The number of aromatic nitrogens is 1. The van der Waals surface area contributed by atoms with Crippen LogP contribution < -0.4 is 10.2 Å². The first-order valence-corrected chi connectivity index (χ1v) is 6.74. The highest BCUT2D eigenvalue weighted by molar-refractivity contribution is 5.96. The lowest BCUT2D eigenvalue weighted by Crippen LogP contribution is -2.48. The molecule has 1 aliphatic heterocycles. The van der Waals surface area contributed by atoms with Crippen molar-refractivity contribution >= 4 is 11.7 Å². The fourth-order valence-corrected chi connectivity index (χ4v) is 2.53. The average molecular weight is 267 g/mol. The first kappa shape index (κ1) is 12.8. The molecule has 20 heavy (non-hydrogen) atoms. The molecule has 2 heterocycles. The Labute approximate surface area is 118 Å². The second kappa shape index (κ2) is 5.43. The van der Waals surface area contributed by atoms with Crippen molar-refractivity contribution in [2.75, 3.05) is 11.9 Å². The number of benzene rings is 1. The number of amides is 1. The van der Waals surface area contributed by atoms with Crippen LogP contribution in [0.2, 0.25) is 0 Å². The molecule has 1 N–H and O–H groups in total. The third-order valence-electron chi connectivity index (χ3n) is 3.70. The van der Waals surface area contributed by atoms with Crippen LogP contribution in [-0.2, 0) is 17.8 Å². The lowest BCUT2D eigenvalue weighted by atomic mass is 9.95. The largest absolute Gasteiger partial charge is 0.301 e. The quantitative estimate of drug-likeness (QED) is 0.901. The zero-order valence-corrected chi connectivity index (χ0v) is 11.4. The Hall–Kier alpha value is -2.20. The lowest BCUT2D eigenvalue weighted by Gasteiger charge is -2.28. The van der Waals surface area contributed by atoms with Crippen LogP contribution in [0.1, 0.15) is 11.1 Å². The van der Waals surface area contributed by atoms with Gasteiger partial charge in [0.05, 0.1) is 6.04 Å². The molecule has 0 radical (unpaired) electrons. The molecule has 1 aromatic carbocycles. The van der Waals surface area contributed by atoms with Crippen molar-refractivity contribution in [3.8, 4) is 0 Å². The van der Waals surface area contributed by atoms with E-state index in [0.29, 0.717) is 5.82 Å². The molecule has 0 bridgehead atoms. The van der Waals surface area contributed by atoms with Crippen LogP contribution in [0.5, 0.6) is 0 Å². The van der Waals surface area contributed by atoms with Crippen LogP contribution in [0, 0.1) is 0 Å². The fourth-order valence-electron chi connectivity index (χ4n) is 2.53. The summed E-state index contributed by atoms with van der Waals surface area (Å²) in [5.41, 5.74) is 2.52. The van der Waals surface area contributed by atoms with Gasteiger partial charge in [0.25, 0.3) is 0 Å². The highest BCUT2D eigenvalue weighted by Gasteiger charge is 2.27. The summed E-state index contributed by atoms with van der Waals surface area (Å²) >= 11 is 0. The van der Waals surface area contributed by atoms with Crippen molar-refractivity contribution in [2.45, 2.75) is 19.0 Å². The summed E-state index contributed by atoms with van der Waals surface area (Å²) in [5, 5.41) is 3.31. The maximum absolute atomic E-state index is 12.5. The van der Waals surface area contributed by atoms with Gasteiger partial charge >= 0.3 is 0 Å². The van der Waals surface area contributed by atoms with Crippen molar-refractivity contribution < 1.29 is 4.79 Å². The van der Waals surface area contributed by atoms with Gasteiger partial charge in [0.15, 0.2) is 0 Å². The Bertz CT molecular complexity index is 612. The third-order valence-corrected chi connectivity index (χ3v) is 3.70. The number of hydrogen-bond donors (Lipinski definition) is 1. The van der Waals surface area contributed by atoms with E-state index < -0.39 is 0 Å². The molecule has 0 saturated heterocycles. The van der Waals surface area contributed by atoms with Gasteiger partial charge in [-0.1, -0.05) is 30.3 Å². The summed E-state index contributed by atoms with van der Waals surface area (Å²) in [7, 11) is 1.77. The van der Waals surface area contributed by atoms with Crippen molar-refractivity contribution in [2.24, 2.45) is 0 Å². The van der Waals surface area contributed by atoms with Gasteiger partial charge in [0.2, 0.25) is 5.91 Å². The maximum atomic E-state index is 12.5.